The molecule has 0 radical (unpaired) electrons. The summed E-state index contributed by atoms with van der Waals surface area (Å²) in [5.74, 6) is 2.59. The van der Waals surface area contributed by atoms with E-state index in [1.807, 2.05) is 30.3 Å². The lowest BCUT2D eigenvalue weighted by Gasteiger charge is -2.24. The van der Waals surface area contributed by atoms with Crippen LogP contribution in [0, 0.1) is 17.3 Å². The van der Waals surface area contributed by atoms with Gasteiger partial charge in [0.25, 0.3) is 0 Å². The Kier molecular flexibility index (Phi) is 7.89. The maximum absolute atomic E-state index is 10.7. The summed E-state index contributed by atoms with van der Waals surface area (Å²) in [4.78, 5) is 4.07. The molecule has 7 N–H and O–H groups in total. The Bertz CT molecular complexity index is 1270. The SMILES string of the molecule is CC(C)(O)C#Cc1cccc(C(O)(O)Oc2cc(/C(C=N)=C/NCc3ccccc3)cnc2N)c1. The van der Waals surface area contributed by atoms with Gasteiger partial charge in [-0.1, -0.05) is 48.2 Å². The van der Waals surface area contributed by atoms with Crippen molar-refractivity contribution in [1.29, 1.82) is 5.41 Å². The molecule has 0 unspecified atom stereocenters. The second kappa shape index (κ2) is 10.8. The summed E-state index contributed by atoms with van der Waals surface area (Å²) >= 11 is 0. The van der Waals surface area contributed by atoms with Crippen molar-refractivity contribution in [3.63, 3.8) is 0 Å². The first-order valence-electron chi connectivity index (χ1n) is 10.8. The van der Waals surface area contributed by atoms with Gasteiger partial charge in [0.15, 0.2) is 11.6 Å². The number of anilines is 1. The van der Waals surface area contributed by atoms with Gasteiger partial charge in [0.05, 0.1) is 5.56 Å². The Morgan fingerprint density at radius 2 is 1.86 bits per heavy atom. The van der Waals surface area contributed by atoms with E-state index in [9.17, 15) is 15.3 Å². The molecule has 1 aromatic heterocycles. The van der Waals surface area contributed by atoms with Gasteiger partial charge < -0.3 is 36.5 Å². The number of nitrogens with zero attached hydrogens (tertiary/aromatic N) is 1. The van der Waals surface area contributed by atoms with Gasteiger partial charge in [-0.25, -0.2) is 4.98 Å². The molecule has 0 fully saturated rings. The number of nitrogens with one attached hydrogen (secondary N) is 2. The zero-order chi connectivity index (χ0) is 25.5. The predicted molar refractivity (Wildman–Crippen MR) is 135 cm³/mol. The number of hydrogen-bond donors (Lipinski definition) is 6. The second-order valence-corrected chi connectivity index (χ2v) is 8.32. The van der Waals surface area contributed by atoms with Crippen molar-refractivity contribution < 1.29 is 20.1 Å². The van der Waals surface area contributed by atoms with Crippen LogP contribution in [0.3, 0.4) is 0 Å². The molecular weight excluding hydrogens is 444 g/mol. The zero-order valence-corrected chi connectivity index (χ0v) is 19.5. The third-order valence-corrected chi connectivity index (χ3v) is 4.78. The molecule has 0 spiro atoms. The van der Waals surface area contributed by atoms with Crippen LogP contribution in [0.1, 0.15) is 36.1 Å². The van der Waals surface area contributed by atoms with E-state index in [4.69, 9.17) is 15.9 Å². The van der Waals surface area contributed by atoms with Crippen LogP contribution >= 0.6 is 0 Å². The van der Waals surface area contributed by atoms with E-state index in [1.165, 1.54) is 24.4 Å². The molecule has 0 aliphatic rings. The molecule has 180 valence electrons. The van der Waals surface area contributed by atoms with Crippen LogP contribution < -0.4 is 15.8 Å². The monoisotopic (exact) mass is 472 g/mol. The average Bonchev–Trinajstić information content (AvgIpc) is 2.82. The molecule has 0 bridgehead atoms. The molecule has 0 amide bonds. The van der Waals surface area contributed by atoms with Gasteiger partial charge in [0.1, 0.15) is 5.60 Å². The average molecular weight is 473 g/mol. The maximum atomic E-state index is 10.7. The Morgan fingerprint density at radius 1 is 1.11 bits per heavy atom. The van der Waals surface area contributed by atoms with Crippen molar-refractivity contribution in [2.24, 2.45) is 0 Å². The van der Waals surface area contributed by atoms with Crippen LogP contribution in [0.5, 0.6) is 5.75 Å². The van der Waals surface area contributed by atoms with Crippen molar-refractivity contribution in [1.82, 2.24) is 10.3 Å². The first kappa shape index (κ1) is 25.5. The van der Waals surface area contributed by atoms with E-state index in [0.29, 0.717) is 23.2 Å². The summed E-state index contributed by atoms with van der Waals surface area (Å²) in [6.07, 6.45) is 4.27. The lowest BCUT2D eigenvalue weighted by molar-refractivity contribution is -0.303. The Morgan fingerprint density at radius 3 is 2.54 bits per heavy atom. The van der Waals surface area contributed by atoms with Crippen LogP contribution in [-0.4, -0.2) is 32.1 Å². The van der Waals surface area contributed by atoms with Crippen LogP contribution in [0.25, 0.3) is 5.57 Å². The highest BCUT2D eigenvalue weighted by atomic mass is 16.8. The zero-order valence-electron chi connectivity index (χ0n) is 19.5. The van der Waals surface area contributed by atoms with Crippen molar-refractivity contribution in [3.8, 4) is 17.6 Å². The topological polar surface area (TPSA) is 145 Å². The lowest BCUT2D eigenvalue weighted by atomic mass is 10.1. The Hall–Kier alpha value is -4.16. The number of rotatable bonds is 8. The van der Waals surface area contributed by atoms with Gasteiger partial charge >= 0.3 is 5.97 Å². The molecule has 0 atom stereocenters. The summed E-state index contributed by atoms with van der Waals surface area (Å²) in [6.45, 7) is 3.66. The van der Waals surface area contributed by atoms with Gasteiger partial charge in [0.2, 0.25) is 0 Å². The highest BCUT2D eigenvalue weighted by Crippen LogP contribution is 2.30. The summed E-state index contributed by atoms with van der Waals surface area (Å²) in [6, 6.07) is 17.4. The molecule has 35 heavy (non-hydrogen) atoms. The van der Waals surface area contributed by atoms with Crippen molar-refractivity contribution >= 4 is 17.6 Å². The molecule has 8 heteroatoms. The summed E-state index contributed by atoms with van der Waals surface area (Å²) in [5.41, 5.74) is 7.25. The van der Waals surface area contributed by atoms with E-state index in [0.717, 1.165) is 11.8 Å². The van der Waals surface area contributed by atoms with E-state index in [2.05, 4.69) is 22.1 Å². The number of pyridine rings is 1. The summed E-state index contributed by atoms with van der Waals surface area (Å²) < 4.78 is 5.43. The summed E-state index contributed by atoms with van der Waals surface area (Å²) in [7, 11) is 0. The van der Waals surface area contributed by atoms with Gasteiger partial charge in [-0.2, -0.15) is 0 Å². The fraction of sp³-hybridized carbons (Fsp3) is 0.185. The second-order valence-electron chi connectivity index (χ2n) is 8.32. The maximum Gasteiger partial charge on any atom is 0.351 e. The molecule has 0 aliphatic carbocycles. The molecule has 0 aliphatic heterocycles. The third kappa shape index (κ3) is 7.42. The minimum Gasteiger partial charge on any atom is -0.432 e. The van der Waals surface area contributed by atoms with E-state index in [1.54, 1.807) is 32.2 Å². The largest absolute Gasteiger partial charge is 0.432 e. The fourth-order valence-electron chi connectivity index (χ4n) is 3.01. The van der Waals surface area contributed by atoms with Gasteiger partial charge in [-0.05, 0) is 43.7 Å². The number of nitrogen functional groups attached to an aromatic ring is 1. The third-order valence-electron chi connectivity index (χ3n) is 4.78. The Labute approximate surface area is 204 Å². The number of aromatic nitrogens is 1. The fourth-order valence-corrected chi connectivity index (χ4v) is 3.01. The number of allylic oxidation sites excluding steroid dienone is 1. The lowest BCUT2D eigenvalue weighted by Crippen LogP contribution is -2.32. The number of hydrogen-bond acceptors (Lipinski definition) is 8. The molecule has 3 rings (SSSR count). The minimum atomic E-state index is -2.74. The van der Waals surface area contributed by atoms with Crippen LogP contribution in [0.15, 0.2) is 73.1 Å². The van der Waals surface area contributed by atoms with E-state index in [-0.39, 0.29) is 17.1 Å². The van der Waals surface area contributed by atoms with Crippen molar-refractivity contribution in [3.05, 3.63) is 95.3 Å². The molecule has 3 aromatic rings. The quantitative estimate of drug-likeness (QED) is 0.168. The minimum absolute atomic E-state index is 0.0113. The normalized spacial score (nSPS) is 11.9. The predicted octanol–water partition coefficient (Wildman–Crippen LogP) is 2.74. The molecule has 0 saturated carbocycles. The number of nitrogens with two attached hydrogens (primary N) is 1. The van der Waals surface area contributed by atoms with Crippen LogP contribution in [-0.2, 0) is 12.5 Å². The van der Waals surface area contributed by atoms with Gasteiger partial charge in [0, 0.05) is 41.9 Å². The number of aliphatic hydroxyl groups is 3. The molecule has 1 heterocycles. The van der Waals surface area contributed by atoms with E-state index >= 15 is 0 Å². The van der Waals surface area contributed by atoms with Crippen LogP contribution in [0.4, 0.5) is 5.82 Å². The molecule has 8 nitrogen and oxygen atoms in total. The van der Waals surface area contributed by atoms with Gasteiger partial charge in [-0.15, -0.1) is 0 Å². The van der Waals surface area contributed by atoms with Crippen molar-refractivity contribution in [2.75, 3.05) is 5.73 Å². The molecule has 2 aromatic carbocycles. The van der Waals surface area contributed by atoms with E-state index < -0.39 is 11.6 Å². The highest BCUT2D eigenvalue weighted by molar-refractivity contribution is 6.08. The summed E-state index contributed by atoms with van der Waals surface area (Å²) in [5, 5.41) is 42.0. The van der Waals surface area contributed by atoms with Crippen LogP contribution in [0.2, 0.25) is 0 Å². The van der Waals surface area contributed by atoms with Crippen molar-refractivity contribution in [2.45, 2.75) is 32.0 Å². The standard InChI is InChI=1S/C27H28N4O4/c1-26(2,32)12-11-19-9-6-10-23(13-19)27(33,34)35-24-14-21(18-31-25(24)29)22(15-28)17-30-16-20-7-4-3-5-8-20/h3-10,13-15,17-18,28,30,32-34H,16H2,1-2H3,(H2,29,31)/b22-17+,28-15?. The molecule has 0 saturated heterocycles. The number of benzene rings is 2. The smallest absolute Gasteiger partial charge is 0.351 e. The first-order chi connectivity index (χ1) is 16.6. The molecular formula is C27H28N4O4. The Balaban J connectivity index is 1.82. The number of ether oxygens (including phenoxy) is 1. The first-order valence-corrected chi connectivity index (χ1v) is 10.8. The highest BCUT2D eigenvalue weighted by Gasteiger charge is 2.30. The van der Waals surface area contributed by atoms with Gasteiger partial charge in [-0.3, -0.25) is 0 Å².